The Morgan fingerprint density at radius 3 is 2.94 bits per heavy atom. The molecule has 2 rings (SSSR count). The van der Waals surface area contributed by atoms with Crippen molar-refractivity contribution in [2.45, 2.75) is 26.3 Å². The highest BCUT2D eigenvalue weighted by atomic mass is 79.9. The number of carbonyl (C=O) groups excluding carboxylic acids is 1. The molecule has 0 aliphatic heterocycles. The first-order chi connectivity index (χ1) is 8.72. The van der Waals surface area contributed by atoms with Crippen LogP contribution in [0.3, 0.4) is 0 Å². The Morgan fingerprint density at radius 1 is 1.39 bits per heavy atom. The SMILES string of the molecule is CCCCOC(=O)Cn1cc(Br)c2ccccc21. The lowest BCUT2D eigenvalue weighted by Crippen LogP contribution is -2.13. The van der Waals surface area contributed by atoms with E-state index in [1.807, 2.05) is 35.0 Å². The van der Waals surface area contributed by atoms with E-state index in [2.05, 4.69) is 22.9 Å². The molecule has 1 aromatic heterocycles. The number of hydrogen-bond donors (Lipinski definition) is 0. The summed E-state index contributed by atoms with van der Waals surface area (Å²) in [5, 5.41) is 1.11. The van der Waals surface area contributed by atoms with Crippen molar-refractivity contribution in [3.05, 3.63) is 34.9 Å². The summed E-state index contributed by atoms with van der Waals surface area (Å²) in [7, 11) is 0. The lowest BCUT2D eigenvalue weighted by atomic mass is 10.2. The van der Waals surface area contributed by atoms with Crippen molar-refractivity contribution in [3.63, 3.8) is 0 Å². The predicted molar refractivity (Wildman–Crippen MR) is 75.5 cm³/mol. The van der Waals surface area contributed by atoms with Crippen LogP contribution in [0, 0.1) is 0 Å². The fourth-order valence-corrected chi connectivity index (χ4v) is 2.43. The molecule has 0 amide bonds. The number of rotatable bonds is 5. The van der Waals surface area contributed by atoms with Gasteiger partial charge >= 0.3 is 5.97 Å². The molecule has 0 aliphatic rings. The Labute approximate surface area is 115 Å². The van der Waals surface area contributed by atoms with Gasteiger partial charge in [0.15, 0.2) is 0 Å². The predicted octanol–water partition coefficient (Wildman–Crippen LogP) is 3.75. The average Bonchev–Trinajstić information content (AvgIpc) is 2.67. The summed E-state index contributed by atoms with van der Waals surface area (Å²) in [6.07, 6.45) is 3.87. The third-order valence-electron chi connectivity index (χ3n) is 2.80. The highest BCUT2D eigenvalue weighted by Crippen LogP contribution is 2.25. The molecule has 96 valence electrons. The number of ether oxygens (including phenoxy) is 1. The van der Waals surface area contributed by atoms with Gasteiger partial charge in [0.2, 0.25) is 0 Å². The largest absolute Gasteiger partial charge is 0.464 e. The maximum Gasteiger partial charge on any atom is 0.325 e. The average molecular weight is 310 g/mol. The maximum absolute atomic E-state index is 11.7. The molecule has 0 radical (unpaired) electrons. The third-order valence-corrected chi connectivity index (χ3v) is 3.43. The summed E-state index contributed by atoms with van der Waals surface area (Å²) in [6.45, 7) is 2.84. The Morgan fingerprint density at radius 2 is 2.17 bits per heavy atom. The van der Waals surface area contributed by atoms with E-state index in [0.717, 1.165) is 28.2 Å². The maximum atomic E-state index is 11.7. The van der Waals surface area contributed by atoms with Crippen molar-refractivity contribution in [3.8, 4) is 0 Å². The quantitative estimate of drug-likeness (QED) is 0.622. The molecule has 0 spiro atoms. The van der Waals surface area contributed by atoms with Gasteiger partial charge in [-0.05, 0) is 28.4 Å². The van der Waals surface area contributed by atoms with E-state index >= 15 is 0 Å². The van der Waals surface area contributed by atoms with Gasteiger partial charge in [-0.15, -0.1) is 0 Å². The number of halogens is 1. The Hall–Kier alpha value is -1.29. The zero-order valence-corrected chi connectivity index (χ0v) is 11.9. The van der Waals surface area contributed by atoms with Gasteiger partial charge in [-0.25, -0.2) is 0 Å². The van der Waals surface area contributed by atoms with Crippen LogP contribution in [0.15, 0.2) is 34.9 Å². The van der Waals surface area contributed by atoms with Crippen LogP contribution < -0.4 is 0 Å². The van der Waals surface area contributed by atoms with Gasteiger partial charge in [0, 0.05) is 21.6 Å². The molecule has 3 nitrogen and oxygen atoms in total. The molecule has 18 heavy (non-hydrogen) atoms. The topological polar surface area (TPSA) is 31.2 Å². The van der Waals surface area contributed by atoms with Crippen molar-refractivity contribution < 1.29 is 9.53 Å². The van der Waals surface area contributed by atoms with Gasteiger partial charge in [0.25, 0.3) is 0 Å². The second-order valence-electron chi connectivity index (χ2n) is 4.20. The molecule has 0 fully saturated rings. The lowest BCUT2D eigenvalue weighted by molar-refractivity contribution is -0.144. The van der Waals surface area contributed by atoms with Crippen LogP contribution in [0.4, 0.5) is 0 Å². The molecule has 4 heteroatoms. The monoisotopic (exact) mass is 309 g/mol. The summed E-state index contributed by atoms with van der Waals surface area (Å²) in [5.74, 6) is -0.184. The number of fused-ring (bicyclic) bond motifs is 1. The second-order valence-corrected chi connectivity index (χ2v) is 5.05. The zero-order chi connectivity index (χ0) is 13.0. The number of hydrogen-bond acceptors (Lipinski definition) is 2. The molecule has 0 atom stereocenters. The second kappa shape index (κ2) is 6.05. The van der Waals surface area contributed by atoms with Crippen LogP contribution in [0.5, 0.6) is 0 Å². The highest BCUT2D eigenvalue weighted by molar-refractivity contribution is 9.10. The first-order valence-electron chi connectivity index (χ1n) is 6.11. The zero-order valence-electron chi connectivity index (χ0n) is 10.4. The van der Waals surface area contributed by atoms with Crippen molar-refractivity contribution in [2.75, 3.05) is 6.61 Å². The minimum absolute atomic E-state index is 0.184. The molecule has 0 unspecified atom stereocenters. The van der Waals surface area contributed by atoms with E-state index < -0.39 is 0 Å². The Kier molecular flexibility index (Phi) is 4.42. The minimum Gasteiger partial charge on any atom is -0.464 e. The first kappa shape index (κ1) is 13.1. The summed E-state index contributed by atoms with van der Waals surface area (Å²) < 4.78 is 8.08. The number of benzene rings is 1. The fourth-order valence-electron chi connectivity index (χ4n) is 1.85. The molecule has 0 N–H and O–H groups in total. The van der Waals surface area contributed by atoms with Gasteiger partial charge < -0.3 is 9.30 Å². The van der Waals surface area contributed by atoms with Gasteiger partial charge in [-0.2, -0.15) is 0 Å². The van der Waals surface area contributed by atoms with E-state index in [4.69, 9.17) is 4.74 Å². The Bertz CT molecular complexity index is 548. The van der Waals surface area contributed by atoms with Crippen LogP contribution in [-0.2, 0) is 16.1 Å². The summed E-state index contributed by atoms with van der Waals surface area (Å²) in [4.78, 5) is 11.7. The van der Waals surface area contributed by atoms with Gasteiger partial charge in [-0.1, -0.05) is 31.5 Å². The summed E-state index contributed by atoms with van der Waals surface area (Å²) >= 11 is 3.50. The Balaban J connectivity index is 2.10. The molecular weight excluding hydrogens is 294 g/mol. The smallest absolute Gasteiger partial charge is 0.325 e. The van der Waals surface area contributed by atoms with Gasteiger partial charge in [0.1, 0.15) is 6.54 Å². The molecule has 1 aromatic carbocycles. The number of aromatic nitrogens is 1. The minimum atomic E-state index is -0.184. The number of para-hydroxylation sites is 1. The van der Waals surface area contributed by atoms with E-state index in [0.29, 0.717) is 6.61 Å². The molecule has 2 aromatic rings. The van der Waals surface area contributed by atoms with E-state index in [1.165, 1.54) is 0 Å². The van der Waals surface area contributed by atoms with Crippen LogP contribution in [0.2, 0.25) is 0 Å². The molecule has 0 saturated heterocycles. The molecule has 0 saturated carbocycles. The van der Waals surface area contributed by atoms with Crippen molar-refractivity contribution >= 4 is 32.8 Å². The van der Waals surface area contributed by atoms with E-state index in [-0.39, 0.29) is 12.5 Å². The van der Waals surface area contributed by atoms with Crippen LogP contribution >= 0.6 is 15.9 Å². The van der Waals surface area contributed by atoms with E-state index in [1.54, 1.807) is 0 Å². The number of unbranched alkanes of at least 4 members (excludes halogenated alkanes) is 1. The van der Waals surface area contributed by atoms with E-state index in [9.17, 15) is 4.79 Å². The van der Waals surface area contributed by atoms with Crippen molar-refractivity contribution in [1.82, 2.24) is 4.57 Å². The standard InChI is InChI=1S/C14H16BrNO2/c1-2-3-8-18-14(17)10-16-9-12(15)11-6-4-5-7-13(11)16/h4-7,9H,2-3,8,10H2,1H3. The normalized spacial score (nSPS) is 10.8. The molecule has 1 heterocycles. The van der Waals surface area contributed by atoms with Crippen molar-refractivity contribution in [2.24, 2.45) is 0 Å². The fraction of sp³-hybridized carbons (Fsp3) is 0.357. The highest BCUT2D eigenvalue weighted by Gasteiger charge is 2.09. The first-order valence-corrected chi connectivity index (χ1v) is 6.90. The number of esters is 1. The summed E-state index contributed by atoms with van der Waals surface area (Å²) in [6, 6.07) is 7.97. The molecular formula is C14H16BrNO2. The van der Waals surface area contributed by atoms with Crippen LogP contribution in [0.25, 0.3) is 10.9 Å². The van der Waals surface area contributed by atoms with Gasteiger partial charge in [0.05, 0.1) is 6.61 Å². The lowest BCUT2D eigenvalue weighted by Gasteiger charge is -2.06. The van der Waals surface area contributed by atoms with Crippen LogP contribution in [0.1, 0.15) is 19.8 Å². The van der Waals surface area contributed by atoms with Crippen molar-refractivity contribution in [1.29, 1.82) is 0 Å². The van der Waals surface area contributed by atoms with Crippen LogP contribution in [-0.4, -0.2) is 17.1 Å². The molecule has 0 aliphatic carbocycles. The number of nitrogens with zero attached hydrogens (tertiary/aromatic N) is 1. The summed E-state index contributed by atoms with van der Waals surface area (Å²) in [5.41, 5.74) is 1.04. The molecule has 0 bridgehead atoms. The number of carbonyl (C=O) groups is 1. The van der Waals surface area contributed by atoms with Gasteiger partial charge in [-0.3, -0.25) is 4.79 Å². The third kappa shape index (κ3) is 2.93.